The summed E-state index contributed by atoms with van der Waals surface area (Å²) in [5.74, 6) is -0.0396. The number of aryl methyl sites for hydroxylation is 1. The molecule has 0 saturated heterocycles. The third-order valence-corrected chi connectivity index (χ3v) is 6.60. The lowest BCUT2D eigenvalue weighted by atomic mass is 10.1. The minimum Gasteiger partial charge on any atom is -0.313 e. The van der Waals surface area contributed by atoms with Gasteiger partial charge >= 0.3 is 0 Å². The zero-order chi connectivity index (χ0) is 19.7. The van der Waals surface area contributed by atoms with E-state index in [1.165, 1.54) is 0 Å². The van der Waals surface area contributed by atoms with E-state index in [0.29, 0.717) is 5.69 Å². The molecule has 2 aromatic heterocycles. The van der Waals surface area contributed by atoms with Gasteiger partial charge in [-0.1, -0.05) is 48.5 Å². The largest absolute Gasteiger partial charge is 0.313 e. The number of pyridine rings is 1. The van der Waals surface area contributed by atoms with Crippen LogP contribution in [0.25, 0.3) is 16.6 Å². The molecule has 5 heteroatoms. The third kappa shape index (κ3) is 3.25. The summed E-state index contributed by atoms with van der Waals surface area (Å²) < 4.78 is 27.3. The summed E-state index contributed by atoms with van der Waals surface area (Å²) in [6, 6.07) is 21.7. The molecule has 0 atom stereocenters. The van der Waals surface area contributed by atoms with Crippen molar-refractivity contribution in [3.8, 4) is 11.1 Å². The minimum absolute atomic E-state index is 0.0396. The van der Waals surface area contributed by atoms with E-state index in [9.17, 15) is 13.2 Å². The van der Waals surface area contributed by atoms with E-state index >= 15 is 0 Å². The van der Waals surface area contributed by atoms with Crippen molar-refractivity contribution in [2.45, 2.75) is 17.6 Å². The highest BCUT2D eigenvalue weighted by Gasteiger charge is 2.17. The number of fused-ring (bicyclic) bond motifs is 1. The summed E-state index contributed by atoms with van der Waals surface area (Å²) in [7, 11) is -3.43. The van der Waals surface area contributed by atoms with Gasteiger partial charge in [-0.15, -0.1) is 0 Å². The molecule has 0 saturated carbocycles. The lowest BCUT2D eigenvalue weighted by Gasteiger charge is -2.06. The number of hydrogen-bond donors (Lipinski definition) is 0. The molecule has 0 radical (unpaired) electrons. The van der Waals surface area contributed by atoms with E-state index in [2.05, 4.69) is 0 Å². The Balaban J connectivity index is 1.72. The Hall–Kier alpha value is -3.18. The van der Waals surface area contributed by atoms with Crippen LogP contribution in [-0.2, 0) is 15.6 Å². The summed E-state index contributed by atoms with van der Waals surface area (Å²) in [6.45, 7) is 1.99. The second-order valence-electron chi connectivity index (χ2n) is 6.78. The Labute approximate surface area is 164 Å². The van der Waals surface area contributed by atoms with Gasteiger partial charge in [-0.25, -0.2) is 8.42 Å². The van der Waals surface area contributed by atoms with Crippen molar-refractivity contribution in [3.05, 3.63) is 95.8 Å². The standard InChI is InChI=1S/C23H19NO3S/c1-17-6-5-13-24-22(17)14-21(23(24)15-25)19-9-11-20(12-10-19)28(26,27)16-18-7-3-2-4-8-18/h2-15H,16H2,1H3. The summed E-state index contributed by atoms with van der Waals surface area (Å²) in [4.78, 5) is 12.0. The van der Waals surface area contributed by atoms with Crippen LogP contribution in [0, 0.1) is 6.92 Å². The minimum atomic E-state index is -3.43. The molecular weight excluding hydrogens is 370 g/mol. The fourth-order valence-electron chi connectivity index (χ4n) is 3.43. The van der Waals surface area contributed by atoms with Crippen LogP contribution in [0.5, 0.6) is 0 Å². The number of aromatic nitrogens is 1. The molecule has 4 aromatic rings. The van der Waals surface area contributed by atoms with Gasteiger partial charge in [0.25, 0.3) is 0 Å². The molecule has 0 aliphatic heterocycles. The van der Waals surface area contributed by atoms with Crippen molar-refractivity contribution in [1.82, 2.24) is 4.40 Å². The Bertz CT molecular complexity index is 1250. The molecule has 0 aliphatic rings. The zero-order valence-electron chi connectivity index (χ0n) is 15.4. The average Bonchev–Trinajstić information content (AvgIpc) is 3.08. The molecule has 4 rings (SSSR count). The molecule has 0 fully saturated rings. The Kier molecular flexibility index (Phi) is 4.61. The van der Waals surface area contributed by atoms with Gasteiger partial charge in [0.15, 0.2) is 16.1 Å². The number of carbonyl (C=O) groups excluding carboxylic acids is 1. The zero-order valence-corrected chi connectivity index (χ0v) is 16.2. The van der Waals surface area contributed by atoms with Crippen molar-refractivity contribution in [2.75, 3.05) is 0 Å². The smallest absolute Gasteiger partial charge is 0.182 e. The number of rotatable bonds is 5. The average molecular weight is 389 g/mol. The first kappa shape index (κ1) is 18.2. The SMILES string of the molecule is Cc1cccn2c(C=O)c(-c3ccc(S(=O)(=O)Cc4ccccc4)cc3)cc12. The summed E-state index contributed by atoms with van der Waals surface area (Å²) >= 11 is 0. The number of hydrogen-bond acceptors (Lipinski definition) is 3. The predicted molar refractivity (Wildman–Crippen MR) is 110 cm³/mol. The number of carbonyl (C=O) groups is 1. The third-order valence-electron chi connectivity index (χ3n) is 4.90. The van der Waals surface area contributed by atoms with Crippen molar-refractivity contribution in [1.29, 1.82) is 0 Å². The summed E-state index contributed by atoms with van der Waals surface area (Å²) in [5, 5.41) is 0. The Morgan fingerprint density at radius 3 is 2.32 bits per heavy atom. The Morgan fingerprint density at radius 1 is 0.929 bits per heavy atom. The van der Waals surface area contributed by atoms with Crippen LogP contribution in [0.3, 0.4) is 0 Å². The van der Waals surface area contributed by atoms with E-state index in [1.54, 1.807) is 36.4 Å². The maximum Gasteiger partial charge on any atom is 0.182 e. The van der Waals surface area contributed by atoms with Gasteiger partial charge in [-0.3, -0.25) is 4.79 Å². The molecule has 0 bridgehead atoms. The van der Waals surface area contributed by atoms with Crippen molar-refractivity contribution < 1.29 is 13.2 Å². The number of sulfone groups is 1. The summed E-state index contributed by atoms with van der Waals surface area (Å²) in [5.41, 5.74) is 4.93. The van der Waals surface area contributed by atoms with E-state index in [1.807, 2.05) is 53.9 Å². The van der Waals surface area contributed by atoms with E-state index in [4.69, 9.17) is 0 Å². The first-order chi connectivity index (χ1) is 13.5. The van der Waals surface area contributed by atoms with E-state index in [-0.39, 0.29) is 10.6 Å². The van der Waals surface area contributed by atoms with Crippen molar-refractivity contribution >= 4 is 21.6 Å². The molecule has 0 N–H and O–H groups in total. The molecule has 0 unspecified atom stereocenters. The number of nitrogens with zero attached hydrogens (tertiary/aromatic N) is 1. The first-order valence-electron chi connectivity index (χ1n) is 8.92. The van der Waals surface area contributed by atoms with Crippen LogP contribution in [-0.4, -0.2) is 19.1 Å². The molecule has 2 heterocycles. The van der Waals surface area contributed by atoms with Crippen LogP contribution < -0.4 is 0 Å². The first-order valence-corrected chi connectivity index (χ1v) is 10.6. The van der Waals surface area contributed by atoms with Gasteiger partial charge in [0.2, 0.25) is 0 Å². The highest BCUT2D eigenvalue weighted by molar-refractivity contribution is 7.90. The fourth-order valence-corrected chi connectivity index (χ4v) is 4.78. The molecule has 0 amide bonds. The van der Waals surface area contributed by atoms with Crippen molar-refractivity contribution in [2.24, 2.45) is 0 Å². The van der Waals surface area contributed by atoms with E-state index in [0.717, 1.165) is 34.1 Å². The lowest BCUT2D eigenvalue weighted by molar-refractivity contribution is 0.111. The molecule has 0 aliphatic carbocycles. The maximum absolute atomic E-state index is 12.7. The quantitative estimate of drug-likeness (QED) is 0.465. The van der Waals surface area contributed by atoms with Crippen molar-refractivity contribution in [3.63, 3.8) is 0 Å². The van der Waals surface area contributed by atoms with Gasteiger partial charge in [0, 0.05) is 17.3 Å². The molecule has 140 valence electrons. The van der Waals surface area contributed by atoms with Crippen LogP contribution in [0.4, 0.5) is 0 Å². The van der Waals surface area contributed by atoms with Gasteiger partial charge < -0.3 is 4.40 Å². The normalized spacial score (nSPS) is 11.6. The molecule has 28 heavy (non-hydrogen) atoms. The fraction of sp³-hybridized carbons (Fsp3) is 0.0870. The lowest BCUT2D eigenvalue weighted by Crippen LogP contribution is -2.04. The van der Waals surface area contributed by atoms with Gasteiger partial charge in [0.05, 0.1) is 16.3 Å². The second-order valence-corrected chi connectivity index (χ2v) is 8.77. The van der Waals surface area contributed by atoms with Gasteiger partial charge in [0.1, 0.15) is 0 Å². The highest BCUT2D eigenvalue weighted by atomic mass is 32.2. The Morgan fingerprint density at radius 2 is 1.64 bits per heavy atom. The van der Waals surface area contributed by atoms with Crippen LogP contribution in [0.1, 0.15) is 21.6 Å². The molecule has 0 spiro atoms. The predicted octanol–water partition coefficient (Wildman–Crippen LogP) is 4.70. The topological polar surface area (TPSA) is 55.6 Å². The van der Waals surface area contributed by atoms with Crippen LogP contribution >= 0.6 is 0 Å². The monoisotopic (exact) mass is 389 g/mol. The van der Waals surface area contributed by atoms with Gasteiger partial charge in [-0.2, -0.15) is 0 Å². The maximum atomic E-state index is 12.7. The molecule has 2 aromatic carbocycles. The number of aldehydes is 1. The highest BCUT2D eigenvalue weighted by Crippen LogP contribution is 2.29. The van der Waals surface area contributed by atoms with E-state index < -0.39 is 9.84 Å². The molecular formula is C23H19NO3S. The summed E-state index contributed by atoms with van der Waals surface area (Å²) in [6.07, 6.45) is 2.69. The molecule has 4 nitrogen and oxygen atoms in total. The van der Waals surface area contributed by atoms with Crippen LogP contribution in [0.2, 0.25) is 0 Å². The van der Waals surface area contributed by atoms with Gasteiger partial charge in [-0.05, 0) is 47.9 Å². The second kappa shape index (κ2) is 7.09. The number of benzene rings is 2. The van der Waals surface area contributed by atoms with Crippen LogP contribution in [0.15, 0.2) is 83.9 Å².